The predicted molar refractivity (Wildman–Crippen MR) is 76.0 cm³/mol. The van der Waals surface area contributed by atoms with Crippen molar-refractivity contribution in [2.45, 2.75) is 20.3 Å². The van der Waals surface area contributed by atoms with E-state index in [1.54, 1.807) is 12.4 Å². The summed E-state index contributed by atoms with van der Waals surface area (Å²) < 4.78 is 0. The lowest BCUT2D eigenvalue weighted by molar-refractivity contribution is -0.114. The molecule has 0 saturated heterocycles. The lowest BCUT2D eigenvalue weighted by atomic mass is 10.2. The Morgan fingerprint density at radius 2 is 2.11 bits per heavy atom. The molecule has 0 aliphatic carbocycles. The molecule has 5 heteroatoms. The van der Waals surface area contributed by atoms with Gasteiger partial charge in [-0.05, 0) is 24.5 Å². The topological polar surface area (TPSA) is 54.9 Å². The Labute approximate surface area is 115 Å². The van der Waals surface area contributed by atoms with Crippen LogP contribution in [-0.4, -0.2) is 15.9 Å². The van der Waals surface area contributed by atoms with E-state index in [1.807, 2.05) is 19.1 Å². The fraction of sp³-hybridized carbons (Fsp3) is 0.214. The van der Waals surface area contributed by atoms with Gasteiger partial charge < -0.3 is 5.32 Å². The summed E-state index contributed by atoms with van der Waals surface area (Å²) in [6, 6.07) is 3.71. The highest BCUT2D eigenvalue weighted by Gasteiger charge is 2.08. The van der Waals surface area contributed by atoms with Crippen molar-refractivity contribution < 1.29 is 4.79 Å². The third-order valence-corrected chi connectivity index (χ3v) is 3.24. The number of hydrogen-bond donors (Lipinski definition) is 1. The lowest BCUT2D eigenvalue weighted by Crippen LogP contribution is -2.05. The second kappa shape index (κ2) is 6.12. The van der Waals surface area contributed by atoms with Crippen molar-refractivity contribution in [1.29, 1.82) is 0 Å². The number of nitrogens with one attached hydrogen (secondary N) is 1. The minimum atomic E-state index is -0.120. The van der Waals surface area contributed by atoms with Crippen LogP contribution < -0.4 is 5.32 Å². The minimum absolute atomic E-state index is 0.120. The van der Waals surface area contributed by atoms with Crippen molar-refractivity contribution in [3.63, 3.8) is 0 Å². The molecule has 0 spiro atoms. The number of thiazole rings is 1. The monoisotopic (exact) mass is 271 g/mol. The Hall–Kier alpha value is -2.19. The van der Waals surface area contributed by atoms with E-state index in [1.165, 1.54) is 18.3 Å². The van der Waals surface area contributed by atoms with Gasteiger partial charge in [0.25, 0.3) is 0 Å². The van der Waals surface area contributed by atoms with Crippen LogP contribution in [0.25, 0.3) is 0 Å². The van der Waals surface area contributed by atoms with Crippen LogP contribution in [0.15, 0.2) is 24.5 Å². The fourth-order valence-electron chi connectivity index (χ4n) is 1.46. The molecule has 19 heavy (non-hydrogen) atoms. The Morgan fingerprint density at radius 1 is 1.37 bits per heavy atom. The summed E-state index contributed by atoms with van der Waals surface area (Å²) in [6.07, 6.45) is 4.21. The minimum Gasteiger partial charge on any atom is -0.302 e. The number of rotatable bonds is 2. The zero-order chi connectivity index (χ0) is 13.7. The zero-order valence-corrected chi connectivity index (χ0v) is 11.5. The van der Waals surface area contributed by atoms with Gasteiger partial charge in [-0.2, -0.15) is 0 Å². The van der Waals surface area contributed by atoms with E-state index in [4.69, 9.17) is 0 Å². The van der Waals surface area contributed by atoms with Crippen LogP contribution in [0.1, 0.15) is 30.0 Å². The van der Waals surface area contributed by atoms with Gasteiger partial charge in [0.05, 0.1) is 5.69 Å². The smallest absolute Gasteiger partial charge is 0.223 e. The summed E-state index contributed by atoms with van der Waals surface area (Å²) in [6.45, 7) is 3.49. The van der Waals surface area contributed by atoms with Gasteiger partial charge in [0, 0.05) is 24.9 Å². The van der Waals surface area contributed by atoms with Crippen LogP contribution in [0.5, 0.6) is 0 Å². The molecule has 4 nitrogen and oxygen atoms in total. The molecule has 0 aromatic carbocycles. The second-order valence-corrected chi connectivity index (χ2v) is 4.81. The maximum atomic E-state index is 11.0. The first-order valence-electron chi connectivity index (χ1n) is 5.88. The maximum Gasteiger partial charge on any atom is 0.223 e. The van der Waals surface area contributed by atoms with Gasteiger partial charge in [0.2, 0.25) is 5.91 Å². The maximum absolute atomic E-state index is 11.0. The van der Waals surface area contributed by atoms with E-state index in [0.717, 1.165) is 22.6 Å². The van der Waals surface area contributed by atoms with E-state index in [-0.39, 0.29) is 5.91 Å². The van der Waals surface area contributed by atoms with E-state index < -0.39 is 0 Å². The van der Waals surface area contributed by atoms with Gasteiger partial charge in [0.1, 0.15) is 4.88 Å². The van der Waals surface area contributed by atoms with Gasteiger partial charge in [-0.15, -0.1) is 0 Å². The molecule has 0 atom stereocenters. The molecule has 2 rings (SSSR count). The average Bonchev–Trinajstić information content (AvgIpc) is 2.79. The summed E-state index contributed by atoms with van der Waals surface area (Å²) in [7, 11) is 0. The number of nitrogens with zero attached hydrogens (tertiary/aromatic N) is 2. The normalized spacial score (nSPS) is 9.58. The van der Waals surface area contributed by atoms with Crippen molar-refractivity contribution in [3.05, 3.63) is 40.7 Å². The summed E-state index contributed by atoms with van der Waals surface area (Å²) in [5.74, 6) is 6.05. The van der Waals surface area contributed by atoms with Gasteiger partial charge in [0.15, 0.2) is 5.13 Å². The van der Waals surface area contributed by atoms with Crippen LogP contribution in [0.3, 0.4) is 0 Å². The summed E-state index contributed by atoms with van der Waals surface area (Å²) in [5, 5.41) is 3.29. The van der Waals surface area contributed by atoms with Crippen LogP contribution >= 0.6 is 11.3 Å². The fourth-order valence-corrected chi connectivity index (χ4v) is 2.41. The van der Waals surface area contributed by atoms with Crippen LogP contribution in [0.2, 0.25) is 0 Å². The molecule has 2 heterocycles. The third-order valence-electron chi connectivity index (χ3n) is 2.32. The zero-order valence-electron chi connectivity index (χ0n) is 10.7. The molecule has 2 aromatic heterocycles. The molecule has 0 radical (unpaired) electrons. The molecule has 0 saturated carbocycles. The number of aryl methyl sites for hydroxylation is 1. The van der Waals surface area contributed by atoms with E-state index in [9.17, 15) is 4.79 Å². The molecule has 1 amide bonds. The third kappa shape index (κ3) is 3.63. The highest BCUT2D eigenvalue weighted by Crippen LogP contribution is 2.22. The second-order valence-electron chi connectivity index (χ2n) is 3.82. The number of aromatic nitrogens is 2. The Bertz CT molecular complexity index is 638. The van der Waals surface area contributed by atoms with Gasteiger partial charge in [-0.1, -0.05) is 24.2 Å². The quantitative estimate of drug-likeness (QED) is 0.854. The van der Waals surface area contributed by atoms with Crippen LogP contribution in [0.4, 0.5) is 5.13 Å². The van der Waals surface area contributed by atoms with Crippen molar-refractivity contribution in [3.8, 4) is 11.8 Å². The molecular formula is C14H13N3OS. The molecule has 0 fully saturated rings. The molecule has 1 N–H and O–H groups in total. The van der Waals surface area contributed by atoms with Crippen molar-refractivity contribution >= 4 is 22.4 Å². The van der Waals surface area contributed by atoms with Gasteiger partial charge >= 0.3 is 0 Å². The molecule has 0 aliphatic heterocycles. The summed E-state index contributed by atoms with van der Waals surface area (Å²) >= 11 is 1.40. The van der Waals surface area contributed by atoms with Crippen molar-refractivity contribution in [2.75, 3.05) is 5.32 Å². The number of amides is 1. The molecule has 96 valence electrons. The van der Waals surface area contributed by atoms with Crippen LogP contribution in [-0.2, 0) is 11.2 Å². The first-order chi connectivity index (χ1) is 9.19. The molecule has 0 unspecified atom stereocenters. The largest absolute Gasteiger partial charge is 0.302 e. The van der Waals surface area contributed by atoms with Crippen LogP contribution in [0, 0.1) is 11.8 Å². The van der Waals surface area contributed by atoms with Gasteiger partial charge in [-0.25, -0.2) is 4.98 Å². The molecule has 2 aromatic rings. The number of carbonyl (C=O) groups is 1. The highest BCUT2D eigenvalue weighted by molar-refractivity contribution is 7.16. The Morgan fingerprint density at radius 3 is 2.74 bits per heavy atom. The van der Waals surface area contributed by atoms with E-state index in [2.05, 4.69) is 27.1 Å². The number of pyridine rings is 1. The average molecular weight is 271 g/mol. The van der Waals surface area contributed by atoms with Crippen molar-refractivity contribution in [1.82, 2.24) is 9.97 Å². The Balaban J connectivity index is 2.27. The summed E-state index contributed by atoms with van der Waals surface area (Å²) in [4.78, 5) is 20.2. The van der Waals surface area contributed by atoms with E-state index in [0.29, 0.717) is 5.13 Å². The Kier molecular flexibility index (Phi) is 4.26. The number of anilines is 1. The summed E-state index contributed by atoms with van der Waals surface area (Å²) in [5.41, 5.74) is 1.82. The first kappa shape index (κ1) is 13.2. The number of carbonyl (C=O) groups excluding carboxylic acids is 1. The number of hydrogen-bond acceptors (Lipinski definition) is 4. The lowest BCUT2D eigenvalue weighted by Gasteiger charge is -1.92. The molecule has 0 aliphatic rings. The molecule has 0 bridgehead atoms. The highest BCUT2D eigenvalue weighted by atomic mass is 32.1. The SMILES string of the molecule is CCc1nc(NC(C)=O)sc1C#Cc1ccncc1. The standard InChI is InChI=1S/C14H13N3OS/c1-3-12-13(19-14(17-12)16-10(2)18)5-4-11-6-8-15-9-7-11/h6-9H,3H2,1-2H3,(H,16,17,18). The first-order valence-corrected chi connectivity index (χ1v) is 6.70. The van der Waals surface area contributed by atoms with Gasteiger partial charge in [-0.3, -0.25) is 9.78 Å². The van der Waals surface area contributed by atoms with Crippen molar-refractivity contribution in [2.24, 2.45) is 0 Å². The van der Waals surface area contributed by atoms with E-state index >= 15 is 0 Å². The molecular weight excluding hydrogens is 258 g/mol. The predicted octanol–water partition coefficient (Wildman–Crippen LogP) is 2.46.